The van der Waals surface area contributed by atoms with Crippen LogP contribution in [0.4, 0.5) is 0 Å². The monoisotopic (exact) mass is 265 g/mol. The maximum Gasteiger partial charge on any atom is 0.251 e. The van der Waals surface area contributed by atoms with Crippen molar-refractivity contribution in [3.8, 4) is 11.5 Å². The van der Waals surface area contributed by atoms with Gasteiger partial charge in [0.05, 0.1) is 0 Å². The van der Waals surface area contributed by atoms with Crippen molar-refractivity contribution in [1.82, 2.24) is 5.32 Å². The molecule has 19 heavy (non-hydrogen) atoms. The van der Waals surface area contributed by atoms with Crippen LogP contribution in [0.3, 0.4) is 0 Å². The molecule has 1 aromatic carbocycles. The van der Waals surface area contributed by atoms with Gasteiger partial charge in [-0.2, -0.15) is 0 Å². The molecule has 0 spiro atoms. The number of benzene rings is 1. The fraction of sp³-hybridized carbons (Fsp3) is 0.500. The molecular weight excluding hydrogens is 246 g/mol. The Morgan fingerprint density at radius 2 is 1.95 bits per heavy atom. The summed E-state index contributed by atoms with van der Waals surface area (Å²) in [6.07, 6.45) is 2.56. The van der Waals surface area contributed by atoms with E-state index in [4.69, 9.17) is 14.6 Å². The van der Waals surface area contributed by atoms with Crippen LogP contribution >= 0.6 is 0 Å². The van der Waals surface area contributed by atoms with Crippen molar-refractivity contribution in [2.75, 3.05) is 26.4 Å². The largest absolute Gasteiger partial charge is 0.486 e. The summed E-state index contributed by atoms with van der Waals surface area (Å²) < 4.78 is 10.8. The molecule has 1 aliphatic heterocycles. The average Bonchev–Trinajstić information content (AvgIpc) is 2.46. The number of carbonyl (C=O) groups is 1. The van der Waals surface area contributed by atoms with Crippen molar-refractivity contribution in [1.29, 1.82) is 0 Å². The van der Waals surface area contributed by atoms with Crippen molar-refractivity contribution in [3.63, 3.8) is 0 Å². The molecule has 1 aromatic rings. The van der Waals surface area contributed by atoms with E-state index in [1.165, 1.54) is 0 Å². The Morgan fingerprint density at radius 3 is 2.74 bits per heavy atom. The van der Waals surface area contributed by atoms with Gasteiger partial charge in [-0.3, -0.25) is 4.79 Å². The topological polar surface area (TPSA) is 67.8 Å². The van der Waals surface area contributed by atoms with E-state index in [1.807, 2.05) is 0 Å². The normalized spacial score (nSPS) is 13.1. The van der Waals surface area contributed by atoms with Crippen LogP contribution in [0.2, 0.25) is 0 Å². The van der Waals surface area contributed by atoms with Gasteiger partial charge in [0.1, 0.15) is 13.2 Å². The van der Waals surface area contributed by atoms with Crippen LogP contribution in [0, 0.1) is 0 Å². The minimum atomic E-state index is -0.110. The summed E-state index contributed by atoms with van der Waals surface area (Å²) in [6.45, 7) is 1.88. The van der Waals surface area contributed by atoms with Gasteiger partial charge in [-0.15, -0.1) is 0 Å². The molecule has 1 amide bonds. The molecule has 1 aliphatic rings. The van der Waals surface area contributed by atoms with Gasteiger partial charge in [-0.1, -0.05) is 0 Å². The van der Waals surface area contributed by atoms with Gasteiger partial charge >= 0.3 is 0 Å². The van der Waals surface area contributed by atoms with Gasteiger partial charge in [0.2, 0.25) is 0 Å². The summed E-state index contributed by atoms with van der Waals surface area (Å²) in [5.41, 5.74) is 0.575. The molecule has 0 radical (unpaired) electrons. The summed E-state index contributed by atoms with van der Waals surface area (Å²) in [4.78, 5) is 11.9. The second kappa shape index (κ2) is 6.99. The zero-order valence-corrected chi connectivity index (χ0v) is 10.9. The van der Waals surface area contributed by atoms with E-state index >= 15 is 0 Å². The Hall–Kier alpha value is -1.75. The number of unbranched alkanes of at least 4 members (excludes halogenated alkanes) is 2. The number of nitrogens with one attached hydrogen (secondary N) is 1. The summed E-state index contributed by atoms with van der Waals surface area (Å²) in [5.74, 6) is 1.20. The lowest BCUT2D eigenvalue weighted by atomic mass is 10.1. The lowest BCUT2D eigenvalue weighted by Gasteiger charge is -2.18. The maximum absolute atomic E-state index is 11.9. The number of hydrogen-bond acceptors (Lipinski definition) is 4. The minimum absolute atomic E-state index is 0.110. The van der Waals surface area contributed by atoms with Gasteiger partial charge in [0, 0.05) is 18.7 Å². The highest BCUT2D eigenvalue weighted by molar-refractivity contribution is 5.94. The van der Waals surface area contributed by atoms with E-state index in [0.717, 1.165) is 19.3 Å². The third kappa shape index (κ3) is 3.86. The van der Waals surface area contributed by atoms with Gasteiger partial charge in [0.15, 0.2) is 11.5 Å². The highest BCUT2D eigenvalue weighted by Gasteiger charge is 2.14. The molecular formula is C14H19NO4. The number of aliphatic hydroxyl groups excluding tert-OH is 1. The third-order valence-electron chi connectivity index (χ3n) is 2.92. The fourth-order valence-electron chi connectivity index (χ4n) is 1.90. The van der Waals surface area contributed by atoms with Crippen LogP contribution in [0.15, 0.2) is 18.2 Å². The number of amides is 1. The summed E-state index contributed by atoms with van der Waals surface area (Å²) in [7, 11) is 0. The minimum Gasteiger partial charge on any atom is -0.486 e. The molecule has 0 fully saturated rings. The predicted octanol–water partition coefficient (Wildman–Crippen LogP) is 1.35. The highest BCUT2D eigenvalue weighted by Crippen LogP contribution is 2.30. The number of fused-ring (bicyclic) bond motifs is 1. The molecule has 1 heterocycles. The first-order valence-corrected chi connectivity index (χ1v) is 6.60. The molecule has 2 rings (SSSR count). The maximum atomic E-state index is 11.9. The number of hydrogen-bond donors (Lipinski definition) is 2. The Labute approximate surface area is 112 Å². The van der Waals surface area contributed by atoms with E-state index in [9.17, 15) is 4.79 Å². The van der Waals surface area contributed by atoms with Crippen molar-refractivity contribution >= 4 is 5.91 Å². The predicted molar refractivity (Wildman–Crippen MR) is 70.7 cm³/mol. The molecule has 0 bridgehead atoms. The molecule has 0 aliphatic carbocycles. The molecule has 0 saturated heterocycles. The molecule has 0 aromatic heterocycles. The van der Waals surface area contributed by atoms with E-state index < -0.39 is 0 Å². The van der Waals surface area contributed by atoms with Crippen LogP contribution in [0.25, 0.3) is 0 Å². The standard InChI is InChI=1S/C14H19NO4/c16-7-3-1-2-6-15-14(17)11-4-5-12-13(10-11)19-9-8-18-12/h4-5,10,16H,1-3,6-9H2,(H,15,17). The van der Waals surface area contributed by atoms with Crippen molar-refractivity contribution in [2.45, 2.75) is 19.3 Å². The quantitative estimate of drug-likeness (QED) is 0.762. The molecule has 2 N–H and O–H groups in total. The second-order valence-electron chi connectivity index (χ2n) is 4.40. The van der Waals surface area contributed by atoms with E-state index in [2.05, 4.69) is 5.32 Å². The number of rotatable bonds is 6. The van der Waals surface area contributed by atoms with Crippen LogP contribution in [-0.4, -0.2) is 37.4 Å². The smallest absolute Gasteiger partial charge is 0.251 e. The Morgan fingerprint density at radius 1 is 1.16 bits per heavy atom. The summed E-state index contributed by atoms with van der Waals surface area (Å²) in [5, 5.41) is 11.5. The first-order valence-electron chi connectivity index (χ1n) is 6.60. The second-order valence-corrected chi connectivity index (χ2v) is 4.40. The highest BCUT2D eigenvalue weighted by atomic mass is 16.6. The molecule has 0 atom stereocenters. The SMILES string of the molecule is O=C(NCCCCCO)c1ccc2c(c1)OCCO2. The first kappa shape index (κ1) is 13.7. The number of aliphatic hydroxyl groups is 1. The molecule has 0 unspecified atom stereocenters. The first-order chi connectivity index (χ1) is 9.31. The van der Waals surface area contributed by atoms with E-state index in [-0.39, 0.29) is 12.5 Å². The van der Waals surface area contributed by atoms with Crippen molar-refractivity contribution in [2.24, 2.45) is 0 Å². The van der Waals surface area contributed by atoms with E-state index in [1.54, 1.807) is 18.2 Å². The number of ether oxygens (including phenoxy) is 2. The van der Waals surface area contributed by atoms with Gasteiger partial charge in [-0.05, 0) is 37.5 Å². The molecule has 5 heteroatoms. The lowest BCUT2D eigenvalue weighted by Crippen LogP contribution is -2.25. The zero-order valence-electron chi connectivity index (χ0n) is 10.9. The summed E-state index contributed by atoms with van der Waals surface area (Å²) >= 11 is 0. The van der Waals surface area contributed by atoms with Gasteiger partial charge in [0.25, 0.3) is 5.91 Å². The van der Waals surface area contributed by atoms with E-state index in [0.29, 0.717) is 36.8 Å². The summed E-state index contributed by atoms with van der Waals surface area (Å²) in [6, 6.07) is 5.20. The average molecular weight is 265 g/mol. The Kier molecular flexibility index (Phi) is 5.03. The van der Waals surface area contributed by atoms with Crippen molar-refractivity contribution < 1.29 is 19.4 Å². The third-order valence-corrected chi connectivity index (χ3v) is 2.92. The van der Waals surface area contributed by atoms with Crippen LogP contribution in [0.5, 0.6) is 11.5 Å². The van der Waals surface area contributed by atoms with Gasteiger partial charge in [-0.25, -0.2) is 0 Å². The molecule has 104 valence electrons. The van der Waals surface area contributed by atoms with Gasteiger partial charge < -0.3 is 19.9 Å². The molecule has 0 saturated carbocycles. The van der Waals surface area contributed by atoms with Crippen molar-refractivity contribution in [3.05, 3.63) is 23.8 Å². The number of carbonyl (C=O) groups excluding carboxylic acids is 1. The zero-order chi connectivity index (χ0) is 13.5. The Bertz CT molecular complexity index is 433. The lowest BCUT2D eigenvalue weighted by molar-refractivity contribution is 0.0951. The van der Waals surface area contributed by atoms with Crippen LogP contribution in [-0.2, 0) is 0 Å². The van der Waals surface area contributed by atoms with Crippen LogP contribution < -0.4 is 14.8 Å². The Balaban J connectivity index is 1.85. The molecule has 5 nitrogen and oxygen atoms in total. The fourth-order valence-corrected chi connectivity index (χ4v) is 1.90. The van der Waals surface area contributed by atoms with Crippen LogP contribution in [0.1, 0.15) is 29.6 Å².